The molecule has 1 saturated heterocycles. The molecule has 0 bridgehead atoms. The Morgan fingerprint density at radius 2 is 2.29 bits per heavy atom. The van der Waals surface area contributed by atoms with E-state index >= 15 is 0 Å². The minimum absolute atomic E-state index is 0.190. The van der Waals surface area contributed by atoms with Crippen molar-refractivity contribution < 1.29 is 4.79 Å². The molecule has 1 N–H and O–H groups in total. The lowest BCUT2D eigenvalue weighted by Gasteiger charge is -2.21. The second-order valence-electron chi connectivity index (χ2n) is 4.69. The van der Waals surface area contributed by atoms with Crippen molar-refractivity contribution >= 4 is 5.78 Å². The smallest absolute Gasteiger partial charge is 0.198 e. The number of nitrogens with zero attached hydrogens (tertiary/aromatic N) is 2. The number of hydrogen-bond donors (Lipinski definition) is 1. The van der Waals surface area contributed by atoms with E-state index in [1.165, 1.54) is 12.8 Å². The second kappa shape index (κ2) is 5.96. The van der Waals surface area contributed by atoms with Gasteiger partial charge in [-0.2, -0.15) is 0 Å². The third-order valence-corrected chi connectivity index (χ3v) is 3.54. The quantitative estimate of drug-likeness (QED) is 0.792. The van der Waals surface area contributed by atoms with E-state index in [4.69, 9.17) is 0 Å². The maximum absolute atomic E-state index is 12.0. The molecule has 2 heterocycles. The Labute approximate surface area is 102 Å². The molecule has 4 nitrogen and oxygen atoms in total. The Morgan fingerprint density at radius 1 is 1.53 bits per heavy atom. The fraction of sp³-hybridized carbons (Fsp3) is 0.692. The number of ketones is 1. The summed E-state index contributed by atoms with van der Waals surface area (Å²) < 4.78 is 1.92. The van der Waals surface area contributed by atoms with Crippen molar-refractivity contribution in [3.63, 3.8) is 0 Å². The molecular formula is C13H21N3O. The number of Topliss-reactive ketones (excluding diaryl/α,β-unsaturated/α-hetero) is 1. The molecule has 0 amide bonds. The van der Waals surface area contributed by atoms with Crippen LogP contribution in [0.4, 0.5) is 0 Å². The van der Waals surface area contributed by atoms with E-state index in [0.717, 1.165) is 26.1 Å². The van der Waals surface area contributed by atoms with Crippen LogP contribution in [0.3, 0.4) is 0 Å². The molecule has 17 heavy (non-hydrogen) atoms. The van der Waals surface area contributed by atoms with E-state index in [-0.39, 0.29) is 5.78 Å². The van der Waals surface area contributed by atoms with Crippen LogP contribution in [-0.4, -0.2) is 28.4 Å². The third-order valence-electron chi connectivity index (χ3n) is 3.54. The Morgan fingerprint density at radius 3 is 3.00 bits per heavy atom. The number of nitrogens with one attached hydrogen (secondary N) is 1. The maximum atomic E-state index is 12.0. The van der Waals surface area contributed by atoms with Gasteiger partial charge >= 0.3 is 0 Å². The van der Waals surface area contributed by atoms with Gasteiger partial charge in [-0.1, -0.05) is 0 Å². The highest BCUT2D eigenvalue weighted by atomic mass is 16.1. The van der Waals surface area contributed by atoms with Crippen molar-refractivity contribution in [2.24, 2.45) is 5.92 Å². The average Bonchev–Trinajstić information content (AvgIpc) is 2.85. The van der Waals surface area contributed by atoms with Crippen molar-refractivity contribution in [3.8, 4) is 0 Å². The Kier molecular flexibility index (Phi) is 4.31. The number of rotatable bonds is 5. The number of imidazole rings is 1. The minimum Gasteiger partial charge on any atom is -0.329 e. The number of carbonyl (C=O) groups is 1. The van der Waals surface area contributed by atoms with E-state index in [2.05, 4.69) is 10.3 Å². The van der Waals surface area contributed by atoms with Crippen LogP contribution in [0.5, 0.6) is 0 Å². The van der Waals surface area contributed by atoms with Gasteiger partial charge in [-0.25, -0.2) is 4.98 Å². The first-order chi connectivity index (χ1) is 8.31. The van der Waals surface area contributed by atoms with Gasteiger partial charge in [0.2, 0.25) is 0 Å². The molecule has 0 aliphatic carbocycles. The zero-order valence-electron chi connectivity index (χ0n) is 10.5. The molecule has 1 aliphatic rings. The van der Waals surface area contributed by atoms with Crippen molar-refractivity contribution in [1.29, 1.82) is 0 Å². The topological polar surface area (TPSA) is 46.9 Å². The van der Waals surface area contributed by atoms with Crippen molar-refractivity contribution in [3.05, 3.63) is 18.2 Å². The van der Waals surface area contributed by atoms with Crippen LogP contribution in [0, 0.1) is 5.92 Å². The van der Waals surface area contributed by atoms with Crippen molar-refractivity contribution in [1.82, 2.24) is 14.9 Å². The van der Waals surface area contributed by atoms with Crippen LogP contribution in [0.15, 0.2) is 12.4 Å². The van der Waals surface area contributed by atoms with Gasteiger partial charge in [-0.15, -0.1) is 0 Å². The standard InChI is InChI=1S/C13H21N3O/c1-2-16-10-9-15-13(16)12(17)4-3-11-5-7-14-8-6-11/h9-11,14H,2-8H2,1H3. The predicted molar refractivity (Wildman–Crippen MR) is 67.1 cm³/mol. The molecule has 0 unspecified atom stereocenters. The summed E-state index contributed by atoms with van der Waals surface area (Å²) in [6.07, 6.45) is 7.64. The monoisotopic (exact) mass is 235 g/mol. The maximum Gasteiger partial charge on any atom is 0.198 e. The van der Waals surface area contributed by atoms with Gasteiger partial charge in [0.15, 0.2) is 11.6 Å². The first-order valence-corrected chi connectivity index (χ1v) is 6.56. The summed E-state index contributed by atoms with van der Waals surface area (Å²) in [6.45, 7) is 5.05. The van der Waals surface area contributed by atoms with Crippen LogP contribution in [0.1, 0.15) is 43.2 Å². The van der Waals surface area contributed by atoms with E-state index in [1.807, 2.05) is 17.7 Å². The summed E-state index contributed by atoms with van der Waals surface area (Å²) >= 11 is 0. The highest BCUT2D eigenvalue weighted by Gasteiger charge is 2.17. The van der Waals surface area contributed by atoms with Crippen LogP contribution in [-0.2, 0) is 6.54 Å². The molecule has 0 radical (unpaired) electrons. The summed E-state index contributed by atoms with van der Waals surface area (Å²) in [5.74, 6) is 1.53. The Balaban J connectivity index is 1.84. The molecular weight excluding hydrogens is 214 g/mol. The van der Waals surface area contributed by atoms with Gasteiger partial charge in [-0.3, -0.25) is 4.79 Å². The molecule has 94 valence electrons. The van der Waals surface area contributed by atoms with Gasteiger partial charge in [0.25, 0.3) is 0 Å². The third kappa shape index (κ3) is 3.16. The molecule has 0 aromatic carbocycles. The molecule has 0 saturated carbocycles. The van der Waals surface area contributed by atoms with Crippen LogP contribution >= 0.6 is 0 Å². The van der Waals surface area contributed by atoms with Gasteiger partial charge in [-0.05, 0) is 45.2 Å². The average molecular weight is 235 g/mol. The SMILES string of the molecule is CCn1ccnc1C(=O)CCC1CCNCC1. The van der Waals surface area contributed by atoms with Gasteiger partial charge < -0.3 is 9.88 Å². The zero-order chi connectivity index (χ0) is 12.1. The summed E-state index contributed by atoms with van der Waals surface area (Å²) in [5.41, 5.74) is 0. The number of aromatic nitrogens is 2. The number of piperidine rings is 1. The highest BCUT2D eigenvalue weighted by Crippen LogP contribution is 2.18. The van der Waals surface area contributed by atoms with Crippen LogP contribution < -0.4 is 5.32 Å². The van der Waals surface area contributed by atoms with Gasteiger partial charge in [0, 0.05) is 25.4 Å². The number of carbonyl (C=O) groups excluding carboxylic acids is 1. The van der Waals surface area contributed by atoms with Crippen molar-refractivity contribution in [2.45, 2.75) is 39.2 Å². The molecule has 4 heteroatoms. The lowest BCUT2D eigenvalue weighted by molar-refractivity contribution is 0.0956. The first kappa shape index (κ1) is 12.3. The highest BCUT2D eigenvalue weighted by molar-refractivity contribution is 5.92. The van der Waals surface area contributed by atoms with Crippen LogP contribution in [0.2, 0.25) is 0 Å². The molecule has 0 atom stereocenters. The molecule has 1 fully saturated rings. The first-order valence-electron chi connectivity index (χ1n) is 6.56. The lowest BCUT2D eigenvalue weighted by Crippen LogP contribution is -2.28. The summed E-state index contributed by atoms with van der Waals surface area (Å²) in [6, 6.07) is 0. The Hall–Kier alpha value is -1.16. The van der Waals surface area contributed by atoms with Gasteiger partial charge in [0.1, 0.15) is 0 Å². The van der Waals surface area contributed by atoms with E-state index in [9.17, 15) is 4.79 Å². The Bertz CT molecular complexity index is 366. The van der Waals surface area contributed by atoms with Crippen LogP contribution in [0.25, 0.3) is 0 Å². The predicted octanol–water partition coefficient (Wildman–Crippen LogP) is 1.87. The van der Waals surface area contributed by atoms with E-state index in [1.54, 1.807) is 6.20 Å². The van der Waals surface area contributed by atoms with Crippen molar-refractivity contribution in [2.75, 3.05) is 13.1 Å². The normalized spacial score (nSPS) is 17.2. The summed E-state index contributed by atoms with van der Waals surface area (Å²) in [7, 11) is 0. The minimum atomic E-state index is 0.190. The molecule has 1 aliphatic heterocycles. The zero-order valence-corrected chi connectivity index (χ0v) is 10.5. The summed E-state index contributed by atoms with van der Waals surface area (Å²) in [4.78, 5) is 16.2. The fourth-order valence-electron chi connectivity index (χ4n) is 2.43. The van der Waals surface area contributed by atoms with E-state index < -0.39 is 0 Å². The lowest BCUT2D eigenvalue weighted by atomic mass is 9.92. The molecule has 0 spiro atoms. The van der Waals surface area contributed by atoms with E-state index in [0.29, 0.717) is 18.2 Å². The largest absolute Gasteiger partial charge is 0.329 e. The van der Waals surface area contributed by atoms with Gasteiger partial charge in [0.05, 0.1) is 0 Å². The molecule has 2 rings (SSSR count). The summed E-state index contributed by atoms with van der Waals surface area (Å²) in [5, 5.41) is 3.35. The second-order valence-corrected chi connectivity index (χ2v) is 4.69. The number of aryl methyl sites for hydroxylation is 1. The molecule has 1 aromatic heterocycles. The number of hydrogen-bond acceptors (Lipinski definition) is 3. The molecule has 1 aromatic rings. The fourth-order valence-corrected chi connectivity index (χ4v) is 2.43.